The Morgan fingerprint density at radius 2 is 2.38 bits per heavy atom. The van der Waals surface area contributed by atoms with Crippen LogP contribution in [0.15, 0.2) is 15.2 Å². The van der Waals surface area contributed by atoms with Crippen molar-refractivity contribution in [2.75, 3.05) is 13.2 Å². The van der Waals surface area contributed by atoms with Gasteiger partial charge in [-0.05, 0) is 40.2 Å². The second kappa shape index (κ2) is 5.75. The van der Waals surface area contributed by atoms with Crippen LogP contribution in [0, 0.1) is 0 Å². The second-order valence-corrected chi connectivity index (χ2v) is 4.37. The first-order valence-corrected chi connectivity index (χ1v) is 6.04. The third kappa shape index (κ3) is 3.38. The van der Waals surface area contributed by atoms with Gasteiger partial charge in [-0.15, -0.1) is 0 Å². The van der Waals surface area contributed by atoms with E-state index < -0.39 is 0 Å². The van der Waals surface area contributed by atoms with Gasteiger partial charge in [-0.2, -0.15) is 11.3 Å². The van der Waals surface area contributed by atoms with E-state index in [0.717, 1.165) is 24.1 Å². The van der Waals surface area contributed by atoms with Crippen molar-refractivity contribution in [1.29, 1.82) is 0 Å². The fourth-order valence-electron chi connectivity index (χ4n) is 1.07. The van der Waals surface area contributed by atoms with Crippen LogP contribution in [0.3, 0.4) is 0 Å². The summed E-state index contributed by atoms with van der Waals surface area (Å²) in [5.74, 6) is 0. The Balaban J connectivity index is 2.39. The summed E-state index contributed by atoms with van der Waals surface area (Å²) in [5.41, 5.74) is 7.16. The topological polar surface area (TPSA) is 35.2 Å². The number of halogens is 1. The Bertz CT molecular complexity index is 252. The summed E-state index contributed by atoms with van der Waals surface area (Å²) in [5, 5.41) is 4.14. The summed E-state index contributed by atoms with van der Waals surface area (Å²) >= 11 is 5.13. The SMILES string of the molecule is CCOCCC(N)c1cscc1Br. The highest BCUT2D eigenvalue weighted by atomic mass is 79.9. The third-order valence-electron chi connectivity index (χ3n) is 1.82. The third-order valence-corrected chi connectivity index (χ3v) is 3.57. The smallest absolute Gasteiger partial charge is 0.0483 e. The van der Waals surface area contributed by atoms with Crippen LogP contribution in [0.1, 0.15) is 24.9 Å². The zero-order valence-electron chi connectivity index (χ0n) is 7.63. The summed E-state index contributed by atoms with van der Waals surface area (Å²) in [6, 6.07) is 0.0900. The van der Waals surface area contributed by atoms with E-state index in [0.29, 0.717) is 0 Å². The van der Waals surface area contributed by atoms with Crippen molar-refractivity contribution in [3.05, 3.63) is 20.8 Å². The molecule has 0 aliphatic carbocycles. The molecule has 0 aromatic carbocycles. The van der Waals surface area contributed by atoms with Crippen LogP contribution in [-0.4, -0.2) is 13.2 Å². The Hall–Kier alpha value is 0.100. The number of thiophene rings is 1. The molecular weight excluding hydrogens is 250 g/mol. The lowest BCUT2D eigenvalue weighted by molar-refractivity contribution is 0.140. The van der Waals surface area contributed by atoms with Crippen LogP contribution in [0.4, 0.5) is 0 Å². The minimum absolute atomic E-state index is 0.0900. The Kier molecular flexibility index (Phi) is 4.94. The average Bonchev–Trinajstić information content (AvgIpc) is 2.52. The molecule has 1 unspecified atom stereocenters. The van der Waals surface area contributed by atoms with Gasteiger partial charge in [0, 0.05) is 29.1 Å². The number of hydrogen-bond acceptors (Lipinski definition) is 3. The zero-order chi connectivity index (χ0) is 9.68. The van der Waals surface area contributed by atoms with Crippen molar-refractivity contribution in [3.8, 4) is 0 Å². The normalized spacial score (nSPS) is 13.2. The lowest BCUT2D eigenvalue weighted by atomic mass is 10.1. The van der Waals surface area contributed by atoms with Crippen LogP contribution < -0.4 is 5.73 Å². The predicted octanol–water partition coefficient (Wildman–Crippen LogP) is 2.94. The number of ether oxygens (including phenoxy) is 1. The first kappa shape index (κ1) is 11.2. The van der Waals surface area contributed by atoms with Gasteiger partial charge < -0.3 is 10.5 Å². The Labute approximate surface area is 91.2 Å². The summed E-state index contributed by atoms with van der Waals surface area (Å²) in [6.07, 6.45) is 0.878. The molecule has 0 amide bonds. The molecule has 0 saturated carbocycles. The highest BCUT2D eigenvalue weighted by Gasteiger charge is 2.09. The minimum Gasteiger partial charge on any atom is -0.382 e. The molecule has 0 fully saturated rings. The highest BCUT2D eigenvalue weighted by Crippen LogP contribution is 2.27. The monoisotopic (exact) mass is 263 g/mol. The van der Waals surface area contributed by atoms with E-state index in [1.807, 2.05) is 6.92 Å². The average molecular weight is 264 g/mol. The van der Waals surface area contributed by atoms with Crippen LogP contribution in [-0.2, 0) is 4.74 Å². The molecule has 1 atom stereocenters. The molecule has 13 heavy (non-hydrogen) atoms. The molecule has 4 heteroatoms. The molecule has 0 spiro atoms. The maximum atomic E-state index is 5.98. The lowest BCUT2D eigenvalue weighted by Gasteiger charge is -2.10. The molecule has 1 heterocycles. The summed E-state index contributed by atoms with van der Waals surface area (Å²) in [6.45, 7) is 3.49. The Morgan fingerprint density at radius 1 is 1.62 bits per heavy atom. The van der Waals surface area contributed by atoms with Gasteiger partial charge in [0.05, 0.1) is 0 Å². The van der Waals surface area contributed by atoms with Crippen LogP contribution in [0.5, 0.6) is 0 Å². The van der Waals surface area contributed by atoms with E-state index in [-0.39, 0.29) is 6.04 Å². The number of hydrogen-bond donors (Lipinski definition) is 1. The van der Waals surface area contributed by atoms with E-state index in [1.54, 1.807) is 11.3 Å². The molecule has 0 aliphatic heterocycles. The maximum absolute atomic E-state index is 5.98. The maximum Gasteiger partial charge on any atom is 0.0483 e. The van der Waals surface area contributed by atoms with Crippen LogP contribution >= 0.6 is 27.3 Å². The molecular formula is C9H14BrNOS. The van der Waals surface area contributed by atoms with Gasteiger partial charge in [0.2, 0.25) is 0 Å². The van der Waals surface area contributed by atoms with Gasteiger partial charge in [-0.25, -0.2) is 0 Å². The van der Waals surface area contributed by atoms with Gasteiger partial charge in [-0.3, -0.25) is 0 Å². The van der Waals surface area contributed by atoms with E-state index >= 15 is 0 Å². The molecule has 74 valence electrons. The number of rotatable bonds is 5. The van der Waals surface area contributed by atoms with Crippen molar-refractivity contribution in [2.24, 2.45) is 5.73 Å². The first-order chi connectivity index (χ1) is 6.25. The fraction of sp³-hybridized carbons (Fsp3) is 0.556. The van der Waals surface area contributed by atoms with Gasteiger partial charge in [0.25, 0.3) is 0 Å². The van der Waals surface area contributed by atoms with Crippen molar-refractivity contribution < 1.29 is 4.74 Å². The van der Waals surface area contributed by atoms with Gasteiger partial charge >= 0.3 is 0 Å². The molecule has 1 aromatic rings. The van der Waals surface area contributed by atoms with Crippen molar-refractivity contribution >= 4 is 27.3 Å². The fourth-order valence-corrected chi connectivity index (χ4v) is 2.72. The zero-order valence-corrected chi connectivity index (χ0v) is 10.0. The van der Waals surface area contributed by atoms with E-state index in [9.17, 15) is 0 Å². The van der Waals surface area contributed by atoms with Crippen LogP contribution in [0.2, 0.25) is 0 Å². The standard InChI is InChI=1S/C9H14BrNOS/c1-2-12-4-3-9(11)7-5-13-6-8(7)10/h5-6,9H,2-4,11H2,1H3. The minimum atomic E-state index is 0.0900. The van der Waals surface area contributed by atoms with Gasteiger partial charge in [0.15, 0.2) is 0 Å². The quantitative estimate of drug-likeness (QED) is 0.830. The predicted molar refractivity (Wildman–Crippen MR) is 60.1 cm³/mol. The molecule has 2 N–H and O–H groups in total. The van der Waals surface area contributed by atoms with E-state index in [4.69, 9.17) is 10.5 Å². The Morgan fingerprint density at radius 3 is 2.92 bits per heavy atom. The first-order valence-electron chi connectivity index (χ1n) is 4.30. The second-order valence-electron chi connectivity index (χ2n) is 2.77. The lowest BCUT2D eigenvalue weighted by Crippen LogP contribution is -2.12. The van der Waals surface area contributed by atoms with Crippen molar-refractivity contribution in [2.45, 2.75) is 19.4 Å². The van der Waals surface area contributed by atoms with Crippen molar-refractivity contribution in [3.63, 3.8) is 0 Å². The summed E-state index contributed by atoms with van der Waals surface area (Å²) in [7, 11) is 0. The molecule has 2 nitrogen and oxygen atoms in total. The van der Waals surface area contributed by atoms with Gasteiger partial charge in [-0.1, -0.05) is 0 Å². The number of nitrogens with two attached hydrogens (primary N) is 1. The van der Waals surface area contributed by atoms with E-state index in [2.05, 4.69) is 26.7 Å². The molecule has 0 radical (unpaired) electrons. The van der Waals surface area contributed by atoms with Gasteiger partial charge in [0.1, 0.15) is 0 Å². The van der Waals surface area contributed by atoms with Crippen LogP contribution in [0.25, 0.3) is 0 Å². The summed E-state index contributed by atoms with van der Waals surface area (Å²) < 4.78 is 6.36. The molecule has 1 rings (SSSR count). The molecule has 0 bridgehead atoms. The largest absolute Gasteiger partial charge is 0.382 e. The highest BCUT2D eigenvalue weighted by molar-refractivity contribution is 9.10. The summed E-state index contributed by atoms with van der Waals surface area (Å²) in [4.78, 5) is 0. The molecule has 1 aromatic heterocycles. The molecule has 0 aliphatic rings. The molecule has 0 saturated heterocycles. The van der Waals surface area contributed by atoms with E-state index in [1.165, 1.54) is 5.56 Å². The van der Waals surface area contributed by atoms with Crippen molar-refractivity contribution in [1.82, 2.24) is 0 Å².